The number of nitrogens with zero attached hydrogens (tertiary/aromatic N) is 1. The Morgan fingerprint density at radius 2 is 1.88 bits per heavy atom. The van der Waals surface area contributed by atoms with Gasteiger partial charge in [-0.25, -0.2) is 4.98 Å². The third-order valence-electron chi connectivity index (χ3n) is 2.54. The van der Waals surface area contributed by atoms with Crippen LogP contribution in [0.5, 0.6) is 0 Å². The predicted molar refractivity (Wildman–Crippen MR) is 109 cm³/mol. The van der Waals surface area contributed by atoms with Crippen LogP contribution in [0.3, 0.4) is 0 Å². The number of nitrogens with two attached hydrogens (primary N) is 1. The van der Waals surface area contributed by atoms with Gasteiger partial charge in [0.15, 0.2) is 5.58 Å². The molecule has 1 aromatic carbocycles. The molecule has 0 saturated carbocycles. The molecule has 5 nitrogen and oxygen atoms in total. The fourth-order valence-corrected chi connectivity index (χ4v) is 1.57. The molecule has 0 fully saturated rings. The number of aromatic nitrogens is 1. The Bertz CT molecular complexity index is 468. The Kier molecular flexibility index (Phi) is 23.8. The second-order valence-electron chi connectivity index (χ2n) is 4.46. The zero-order valence-electron chi connectivity index (χ0n) is 14.7. The van der Waals surface area contributed by atoms with Crippen molar-refractivity contribution in [3.63, 3.8) is 0 Å². The van der Waals surface area contributed by atoms with Gasteiger partial charge in [0.1, 0.15) is 11.6 Å². The number of hydrogen-bond donors (Lipinski definition) is 2. The van der Waals surface area contributed by atoms with Gasteiger partial charge in [-0.3, -0.25) is 21.2 Å². The molecular weight excluding hydrogens is 609 g/mol. The molecule has 0 aliphatic heterocycles. The third-order valence-corrected chi connectivity index (χ3v) is 2.54. The Labute approximate surface area is 177 Å². The van der Waals surface area contributed by atoms with Gasteiger partial charge in [-0.2, -0.15) is 0 Å². The average molecular weight is 637 g/mol. The summed E-state index contributed by atoms with van der Waals surface area (Å²) >= 11 is 1.73. The van der Waals surface area contributed by atoms with E-state index < -0.39 is 6.10 Å². The molecule has 1 heterocycles. The van der Waals surface area contributed by atoms with Crippen molar-refractivity contribution >= 4 is 42.1 Å². The summed E-state index contributed by atoms with van der Waals surface area (Å²) in [7, 11) is 4.05. The zero-order chi connectivity index (χ0) is 18.3. The minimum absolute atomic E-state index is 0. The normalized spacial score (nSPS) is 11.4. The van der Waals surface area contributed by atoms with Crippen LogP contribution in [0.2, 0.25) is 0 Å². The topological polar surface area (TPSA) is 96.1 Å². The Morgan fingerprint density at radius 3 is 2.25 bits per heavy atom. The molecule has 0 aliphatic rings. The maximum atomic E-state index is 9.35. The second-order valence-corrected chi connectivity index (χ2v) is 4.46. The van der Waals surface area contributed by atoms with E-state index in [-0.39, 0.29) is 39.5 Å². The van der Waals surface area contributed by atoms with Crippen molar-refractivity contribution in [3.8, 4) is 0 Å². The molecule has 2 rings (SSSR count). The first-order valence-electron chi connectivity index (χ1n) is 7.68. The zero-order valence-corrected chi connectivity index (χ0v) is 20.6. The van der Waals surface area contributed by atoms with Gasteiger partial charge in [0.2, 0.25) is 5.89 Å². The van der Waals surface area contributed by atoms with Crippen LogP contribution >= 0.6 is 21.2 Å². The molecule has 8 heteroatoms. The predicted octanol–water partition coefficient (Wildman–Crippen LogP) is 4.95. The first-order valence-corrected chi connectivity index (χ1v) is 10.6. The van der Waals surface area contributed by atoms with Gasteiger partial charge in [0, 0.05) is 6.54 Å². The molecule has 2 aromatic rings. The van der Waals surface area contributed by atoms with Crippen molar-refractivity contribution < 1.29 is 30.6 Å². The molecule has 0 spiro atoms. The van der Waals surface area contributed by atoms with Gasteiger partial charge in [-0.05, 0) is 12.1 Å². The minimum atomic E-state index is -0.813. The van der Waals surface area contributed by atoms with Gasteiger partial charge in [0.25, 0.3) is 0 Å². The molecule has 0 saturated heterocycles. The molecule has 0 bridgehead atoms. The van der Waals surface area contributed by atoms with Crippen LogP contribution in [0.1, 0.15) is 52.5 Å². The summed E-state index contributed by atoms with van der Waals surface area (Å²) in [6.07, 6.45) is 1.37. The number of nitrogens with one attached hydrogen (secondary N) is 1. The van der Waals surface area contributed by atoms with Crippen LogP contribution in [-0.2, 0) is 30.9 Å². The summed E-state index contributed by atoms with van der Waals surface area (Å²) in [5.74, 6) is 0.281. The van der Waals surface area contributed by atoms with Crippen LogP contribution in [0.25, 0.3) is 16.8 Å². The molecule has 2 unspecified atom stereocenters. The molecule has 1 aromatic heterocycles. The summed E-state index contributed by atoms with van der Waals surface area (Å²) in [4.78, 5) is 4.09. The van der Waals surface area contributed by atoms with Crippen LogP contribution in [-0.4, -0.2) is 22.7 Å². The molecule has 0 aliphatic carbocycles. The Hall–Kier alpha value is 0.338. The van der Waals surface area contributed by atoms with E-state index in [0.29, 0.717) is 5.58 Å². The van der Waals surface area contributed by atoms with Crippen molar-refractivity contribution in [1.29, 1.82) is 0 Å². The van der Waals surface area contributed by atoms with E-state index in [0.717, 1.165) is 18.4 Å². The minimum Gasteiger partial charge on any atom is -0.713 e. The fraction of sp³-hybridized carbons (Fsp3) is 0.562. The van der Waals surface area contributed by atoms with E-state index in [1.54, 1.807) is 27.3 Å². The van der Waals surface area contributed by atoms with Gasteiger partial charge in [0.05, 0.1) is 0 Å². The SMILES string of the molecule is CC.CCCC(C)[NH-].NCC(O)c1nc2ccccc2o1.[S-]I.[W+2]. The number of benzene rings is 1. The van der Waals surface area contributed by atoms with Gasteiger partial charge < -0.3 is 30.8 Å². The van der Waals surface area contributed by atoms with Crippen molar-refractivity contribution in [2.24, 2.45) is 5.73 Å². The number of rotatable bonds is 4. The number of aliphatic hydroxyl groups excluding tert-OH is 1. The van der Waals surface area contributed by atoms with Crippen LogP contribution in [0.15, 0.2) is 28.7 Å². The van der Waals surface area contributed by atoms with Crippen molar-refractivity contribution in [1.82, 2.24) is 4.98 Å². The monoisotopic (exact) mass is 637 g/mol. The van der Waals surface area contributed by atoms with E-state index in [1.165, 1.54) is 0 Å². The maximum Gasteiger partial charge on any atom is 2.00 e. The molecule has 24 heavy (non-hydrogen) atoms. The first-order chi connectivity index (χ1) is 11.1. The number of fused-ring (bicyclic) bond motifs is 1. The van der Waals surface area contributed by atoms with Crippen LogP contribution < -0.4 is 5.73 Å². The summed E-state index contributed by atoms with van der Waals surface area (Å²) in [6.45, 7) is 8.14. The summed E-state index contributed by atoms with van der Waals surface area (Å²) in [5, 5.41) is 9.35. The number of aliphatic hydroxyl groups is 1. The van der Waals surface area contributed by atoms with Crippen molar-refractivity contribution in [2.75, 3.05) is 6.54 Å². The quantitative estimate of drug-likeness (QED) is 0.366. The maximum absolute atomic E-state index is 9.35. The summed E-state index contributed by atoms with van der Waals surface area (Å²) < 4.78 is 5.28. The van der Waals surface area contributed by atoms with Crippen molar-refractivity contribution in [2.45, 2.75) is 52.7 Å². The van der Waals surface area contributed by atoms with Crippen molar-refractivity contribution in [3.05, 3.63) is 35.9 Å². The van der Waals surface area contributed by atoms with E-state index in [1.807, 2.05) is 39.0 Å². The standard InChI is InChI=1S/C9H10N2O2.C5H12N.C2H6.IS.W/c10-5-7(12)9-11-6-3-1-2-4-8(6)13-9;1-3-4-5(2)6;2*1-2;/h1-4,7,12H,5,10H2;5-6H,3-4H2,1-2H3;1-2H3;;/q;-1;;-1;+2. The second kappa shape index (κ2) is 19.7. The molecule has 2 atom stereocenters. The summed E-state index contributed by atoms with van der Waals surface area (Å²) in [6, 6.07) is 7.49. The van der Waals surface area contributed by atoms with Gasteiger partial charge >= 0.3 is 21.1 Å². The van der Waals surface area contributed by atoms with Gasteiger partial charge in [-0.1, -0.05) is 52.7 Å². The Morgan fingerprint density at radius 1 is 1.33 bits per heavy atom. The molecule has 0 radical (unpaired) electrons. The number of oxazole rings is 1. The van der Waals surface area contributed by atoms with E-state index in [9.17, 15) is 5.11 Å². The van der Waals surface area contributed by atoms with Gasteiger partial charge in [-0.15, -0.1) is 6.04 Å². The van der Waals surface area contributed by atoms with E-state index >= 15 is 0 Å². The summed E-state index contributed by atoms with van der Waals surface area (Å²) in [5.41, 5.74) is 13.7. The first kappa shape index (κ1) is 29.1. The van der Waals surface area contributed by atoms with E-state index in [4.69, 9.17) is 15.9 Å². The van der Waals surface area contributed by atoms with Crippen LogP contribution in [0, 0.1) is 0 Å². The number of halogens is 1. The molecule has 4 N–H and O–H groups in total. The van der Waals surface area contributed by atoms with Crippen LogP contribution in [0.4, 0.5) is 0 Å². The molecule has 138 valence electrons. The average Bonchev–Trinajstić information content (AvgIpc) is 3.02. The number of hydrogen-bond acceptors (Lipinski definition) is 5. The number of para-hydroxylation sites is 2. The largest absolute Gasteiger partial charge is 2.00 e. The van der Waals surface area contributed by atoms with E-state index in [2.05, 4.69) is 21.7 Å². The third kappa shape index (κ3) is 12.7. The smallest absolute Gasteiger partial charge is 0.713 e. The fourth-order valence-electron chi connectivity index (χ4n) is 1.57. The molecular formula is C16H28IN3O2SW. The molecule has 0 amide bonds. The Balaban J connectivity index is -0.000000345.